The Balaban J connectivity index is 1.84. The third-order valence-electron chi connectivity index (χ3n) is 4.95. The van der Waals surface area contributed by atoms with Crippen LogP contribution in [0.25, 0.3) is 10.8 Å². The molecule has 1 amide bonds. The second-order valence-electron chi connectivity index (χ2n) is 6.27. The lowest BCUT2D eigenvalue weighted by Gasteiger charge is -2.12. The van der Waals surface area contributed by atoms with Crippen LogP contribution in [-0.4, -0.2) is 10.9 Å². The number of hydrogen-bond acceptors (Lipinski definition) is 3. The van der Waals surface area contributed by atoms with Crippen molar-refractivity contribution >= 4 is 16.7 Å². The van der Waals surface area contributed by atoms with Gasteiger partial charge in [-0.3, -0.25) is 9.78 Å². The summed E-state index contributed by atoms with van der Waals surface area (Å²) in [6, 6.07) is 10.5. The quantitative estimate of drug-likeness (QED) is 0.934. The highest BCUT2D eigenvalue weighted by molar-refractivity contribution is 5.91. The lowest BCUT2D eigenvalue weighted by Crippen LogP contribution is -2.29. The van der Waals surface area contributed by atoms with Crippen LogP contribution >= 0.6 is 0 Å². The Morgan fingerprint density at radius 2 is 1.95 bits per heavy atom. The Labute approximate surface area is 122 Å². The molecule has 4 rings (SSSR count). The predicted octanol–water partition coefficient (Wildman–Crippen LogP) is 2.31. The number of amides is 1. The zero-order valence-electron chi connectivity index (χ0n) is 11.6. The standard InChI is InChI=1S/C17H15N3O/c18-10-16(3-4-16)13-2-1-11-9-20-14(8-12(11)7-13)17(5-6-17)15(19)21/h1-2,7-9H,3-6H2,(H2,19,21). The first-order valence-corrected chi connectivity index (χ1v) is 7.22. The van der Waals surface area contributed by atoms with E-state index < -0.39 is 5.41 Å². The number of nitrogens with zero attached hydrogens (tertiary/aromatic N) is 2. The van der Waals surface area contributed by atoms with Crippen molar-refractivity contribution in [3.8, 4) is 6.07 Å². The van der Waals surface area contributed by atoms with Crippen molar-refractivity contribution in [2.24, 2.45) is 5.73 Å². The van der Waals surface area contributed by atoms with E-state index in [1.165, 1.54) is 0 Å². The lowest BCUT2D eigenvalue weighted by atomic mass is 9.93. The van der Waals surface area contributed by atoms with Crippen LogP contribution in [0.3, 0.4) is 0 Å². The monoisotopic (exact) mass is 277 g/mol. The van der Waals surface area contributed by atoms with Crippen molar-refractivity contribution in [2.75, 3.05) is 0 Å². The van der Waals surface area contributed by atoms with Crippen LogP contribution in [0.2, 0.25) is 0 Å². The fourth-order valence-corrected chi connectivity index (χ4v) is 3.04. The second kappa shape index (κ2) is 3.82. The molecule has 2 aliphatic carbocycles. The molecule has 2 fully saturated rings. The smallest absolute Gasteiger partial charge is 0.229 e. The molecule has 4 heteroatoms. The molecule has 0 radical (unpaired) electrons. The molecule has 104 valence electrons. The number of carbonyl (C=O) groups is 1. The minimum atomic E-state index is -0.559. The van der Waals surface area contributed by atoms with Crippen LogP contribution in [0.5, 0.6) is 0 Å². The molecule has 2 aliphatic rings. The van der Waals surface area contributed by atoms with Gasteiger partial charge in [0.1, 0.15) is 0 Å². The van der Waals surface area contributed by atoms with Crippen molar-refractivity contribution in [1.29, 1.82) is 5.26 Å². The molecule has 1 aromatic heterocycles. The summed E-state index contributed by atoms with van der Waals surface area (Å²) in [5.74, 6) is -0.291. The number of nitriles is 1. The first-order chi connectivity index (χ1) is 10.1. The first kappa shape index (κ1) is 12.3. The van der Waals surface area contributed by atoms with Gasteiger partial charge in [-0.25, -0.2) is 0 Å². The van der Waals surface area contributed by atoms with E-state index in [-0.39, 0.29) is 11.3 Å². The van der Waals surface area contributed by atoms with Gasteiger partial charge in [-0.05, 0) is 48.8 Å². The summed E-state index contributed by atoms with van der Waals surface area (Å²) in [5.41, 5.74) is 6.50. The van der Waals surface area contributed by atoms with Crippen molar-refractivity contribution < 1.29 is 4.79 Å². The van der Waals surface area contributed by atoms with E-state index in [1.807, 2.05) is 18.2 Å². The third-order valence-corrected chi connectivity index (χ3v) is 4.95. The topological polar surface area (TPSA) is 79.8 Å². The summed E-state index contributed by atoms with van der Waals surface area (Å²) in [6.45, 7) is 0. The number of benzene rings is 1. The zero-order valence-corrected chi connectivity index (χ0v) is 11.6. The van der Waals surface area contributed by atoms with Crippen LogP contribution in [0.1, 0.15) is 36.9 Å². The van der Waals surface area contributed by atoms with Crippen molar-refractivity contribution in [3.05, 3.63) is 41.7 Å². The highest BCUT2D eigenvalue weighted by Gasteiger charge is 2.51. The van der Waals surface area contributed by atoms with Crippen LogP contribution in [0.15, 0.2) is 30.5 Å². The maximum atomic E-state index is 11.6. The summed E-state index contributed by atoms with van der Waals surface area (Å²) in [6.07, 6.45) is 5.21. The van der Waals surface area contributed by atoms with Crippen molar-refractivity contribution in [3.63, 3.8) is 0 Å². The van der Waals surface area contributed by atoms with Gasteiger partial charge < -0.3 is 5.73 Å². The Morgan fingerprint density at radius 3 is 2.52 bits per heavy atom. The second-order valence-corrected chi connectivity index (χ2v) is 6.27. The van der Waals surface area contributed by atoms with Gasteiger partial charge in [0.2, 0.25) is 5.91 Å². The van der Waals surface area contributed by atoms with E-state index >= 15 is 0 Å². The van der Waals surface area contributed by atoms with Gasteiger partial charge in [0.25, 0.3) is 0 Å². The van der Waals surface area contributed by atoms with Crippen LogP contribution in [-0.2, 0) is 15.6 Å². The van der Waals surface area contributed by atoms with Crippen molar-refractivity contribution in [2.45, 2.75) is 36.5 Å². The number of pyridine rings is 1. The fraction of sp³-hybridized carbons (Fsp3) is 0.353. The molecule has 0 unspecified atom stereocenters. The van der Waals surface area contributed by atoms with Crippen LogP contribution in [0, 0.1) is 11.3 Å². The first-order valence-electron chi connectivity index (χ1n) is 7.22. The Bertz CT molecular complexity index is 810. The molecule has 2 saturated carbocycles. The Kier molecular flexibility index (Phi) is 2.25. The molecule has 21 heavy (non-hydrogen) atoms. The average molecular weight is 277 g/mol. The molecular weight excluding hydrogens is 262 g/mol. The molecule has 0 saturated heterocycles. The fourth-order valence-electron chi connectivity index (χ4n) is 3.04. The van der Waals surface area contributed by atoms with Crippen molar-refractivity contribution in [1.82, 2.24) is 4.98 Å². The average Bonchev–Trinajstić information content (AvgIpc) is 3.39. The summed E-state index contributed by atoms with van der Waals surface area (Å²) >= 11 is 0. The predicted molar refractivity (Wildman–Crippen MR) is 78.4 cm³/mol. The summed E-state index contributed by atoms with van der Waals surface area (Å²) < 4.78 is 0. The van der Waals surface area contributed by atoms with Gasteiger partial charge in [-0.1, -0.05) is 12.1 Å². The van der Waals surface area contributed by atoms with E-state index in [2.05, 4.69) is 17.1 Å². The number of nitrogens with two attached hydrogens (primary N) is 1. The number of carbonyl (C=O) groups excluding carboxylic acids is 1. The van der Waals surface area contributed by atoms with E-state index in [9.17, 15) is 10.1 Å². The van der Waals surface area contributed by atoms with Gasteiger partial charge in [0.05, 0.1) is 22.6 Å². The number of hydrogen-bond donors (Lipinski definition) is 1. The molecule has 2 N–H and O–H groups in total. The van der Waals surface area contributed by atoms with Gasteiger partial charge in [-0.15, -0.1) is 0 Å². The Morgan fingerprint density at radius 1 is 1.19 bits per heavy atom. The SMILES string of the molecule is N#CC1(c2ccc3cnc(C4(C(N)=O)CC4)cc3c2)CC1. The minimum absolute atomic E-state index is 0.291. The highest BCUT2D eigenvalue weighted by Crippen LogP contribution is 2.49. The van der Waals surface area contributed by atoms with Gasteiger partial charge in [-0.2, -0.15) is 5.26 Å². The molecule has 2 aromatic rings. The molecule has 0 atom stereocenters. The molecule has 0 aliphatic heterocycles. The molecule has 1 aromatic carbocycles. The molecule has 0 spiro atoms. The number of rotatable bonds is 3. The normalized spacial score (nSPS) is 20.7. The number of fused-ring (bicyclic) bond motifs is 1. The highest BCUT2D eigenvalue weighted by atomic mass is 16.1. The summed E-state index contributed by atoms with van der Waals surface area (Å²) in [7, 11) is 0. The summed E-state index contributed by atoms with van der Waals surface area (Å²) in [4.78, 5) is 16.1. The minimum Gasteiger partial charge on any atom is -0.369 e. The third kappa shape index (κ3) is 1.67. The van der Waals surface area contributed by atoms with Gasteiger partial charge in [0, 0.05) is 11.6 Å². The van der Waals surface area contributed by atoms with Gasteiger partial charge in [0.15, 0.2) is 0 Å². The van der Waals surface area contributed by atoms with Gasteiger partial charge >= 0.3 is 0 Å². The molecule has 4 nitrogen and oxygen atoms in total. The maximum absolute atomic E-state index is 11.6. The number of primary amides is 1. The zero-order chi connectivity index (χ0) is 14.7. The Hall–Kier alpha value is -2.41. The summed E-state index contributed by atoms with van der Waals surface area (Å²) in [5, 5.41) is 11.4. The molecule has 0 bridgehead atoms. The number of aromatic nitrogens is 1. The van der Waals surface area contributed by atoms with E-state index in [4.69, 9.17) is 5.73 Å². The molecular formula is C17H15N3O. The van der Waals surface area contributed by atoms with Crippen LogP contribution < -0.4 is 5.73 Å². The maximum Gasteiger partial charge on any atom is 0.229 e. The lowest BCUT2D eigenvalue weighted by molar-refractivity contribution is -0.120. The van der Waals surface area contributed by atoms with E-state index in [0.717, 1.165) is 47.7 Å². The van der Waals surface area contributed by atoms with Crippen LogP contribution in [0.4, 0.5) is 0 Å². The largest absolute Gasteiger partial charge is 0.369 e. The van der Waals surface area contributed by atoms with E-state index in [1.54, 1.807) is 6.20 Å². The molecule has 1 heterocycles. The van der Waals surface area contributed by atoms with E-state index in [0.29, 0.717) is 0 Å².